The molecule has 0 aromatic heterocycles. The van der Waals surface area contributed by atoms with E-state index in [1.807, 2.05) is 0 Å². The highest BCUT2D eigenvalue weighted by molar-refractivity contribution is 6.03. The summed E-state index contributed by atoms with van der Waals surface area (Å²) in [6.07, 6.45) is -9.03. The van der Waals surface area contributed by atoms with Crippen molar-refractivity contribution in [2.75, 3.05) is 59.9 Å². The number of benzene rings is 2. The molecular formula is C53H74F6N10O8. The molecule has 8 amide bonds. The maximum absolute atomic E-state index is 14.5. The van der Waals surface area contributed by atoms with E-state index in [-0.39, 0.29) is 77.2 Å². The number of likely N-dealkylation sites (tertiary alicyclic amines) is 2. The molecule has 18 nitrogen and oxygen atoms in total. The first kappa shape index (κ1) is 61.6. The first-order valence-corrected chi connectivity index (χ1v) is 26.2. The Balaban J connectivity index is 1.21. The Morgan fingerprint density at radius 3 is 1.65 bits per heavy atom. The number of halogens is 6. The lowest BCUT2D eigenvalue weighted by Gasteiger charge is -2.34. The summed E-state index contributed by atoms with van der Waals surface area (Å²) in [6, 6.07) is 12.1. The first-order chi connectivity index (χ1) is 36.3. The fraction of sp³-hybridized carbons (Fsp3) is 0.623. The summed E-state index contributed by atoms with van der Waals surface area (Å²) in [4.78, 5) is 112. The minimum Gasteiger partial charge on any atom is -0.356 e. The second-order valence-electron chi connectivity index (χ2n) is 20.6. The van der Waals surface area contributed by atoms with Gasteiger partial charge in [-0.3, -0.25) is 38.4 Å². The van der Waals surface area contributed by atoms with Gasteiger partial charge in [0, 0.05) is 63.9 Å². The lowest BCUT2D eigenvalue weighted by molar-refractivity contribution is -0.186. The molecule has 1 aliphatic carbocycles. The summed E-state index contributed by atoms with van der Waals surface area (Å²) in [5.74, 6) is -9.18. The van der Waals surface area contributed by atoms with Crippen molar-refractivity contribution in [3.8, 4) is 0 Å². The van der Waals surface area contributed by atoms with Crippen LogP contribution in [0, 0.1) is 11.8 Å². The molecule has 2 saturated heterocycles. The van der Waals surface area contributed by atoms with Gasteiger partial charge >= 0.3 is 24.2 Å². The Morgan fingerprint density at radius 2 is 1.16 bits per heavy atom. The van der Waals surface area contributed by atoms with E-state index in [0.717, 1.165) is 0 Å². The molecule has 0 spiro atoms. The topological polar surface area (TPSA) is 222 Å². The molecule has 2 heterocycles. The van der Waals surface area contributed by atoms with Crippen LogP contribution in [0.25, 0.3) is 0 Å². The van der Waals surface area contributed by atoms with Gasteiger partial charge in [-0.1, -0.05) is 67.6 Å². The highest BCUT2D eigenvalue weighted by atomic mass is 19.4. The minimum atomic E-state index is -5.17. The molecule has 0 bridgehead atoms. The molecule has 9 atom stereocenters. The maximum Gasteiger partial charge on any atom is 0.471 e. The fourth-order valence-corrected chi connectivity index (χ4v) is 10.1. The van der Waals surface area contributed by atoms with E-state index in [0.29, 0.717) is 33.8 Å². The zero-order valence-corrected chi connectivity index (χ0v) is 44.5. The Morgan fingerprint density at radius 1 is 0.675 bits per heavy atom. The molecule has 24 heteroatoms. The number of hydrogen-bond donors (Lipinski definition) is 6. The Kier molecular flexibility index (Phi) is 21.9. The fourth-order valence-electron chi connectivity index (χ4n) is 10.1. The van der Waals surface area contributed by atoms with Crippen LogP contribution in [0.4, 0.5) is 26.3 Å². The van der Waals surface area contributed by atoms with E-state index in [2.05, 4.69) is 31.9 Å². The van der Waals surface area contributed by atoms with E-state index in [1.165, 1.54) is 30.8 Å². The van der Waals surface area contributed by atoms with Gasteiger partial charge in [0.2, 0.25) is 35.4 Å². The van der Waals surface area contributed by atoms with Crippen LogP contribution in [0.1, 0.15) is 83.8 Å². The van der Waals surface area contributed by atoms with Crippen molar-refractivity contribution in [1.82, 2.24) is 51.5 Å². The SMILES string of the molecule is CN[C@@H](C)C(=O)N[C@@H](CC(=O)NC(C)CC(C)CNC(=O)[C@@H]1CC1(NC(=O)[C@H](C)NC)C(=O)N1CCC[C@H]1CN(CCc1ccccc1)C(=O)C(F)(F)F)C(=O)N1CCC[C@H]1CN(CCc1ccccc1)C(=O)C(F)(F)F. The van der Waals surface area contributed by atoms with Crippen molar-refractivity contribution >= 4 is 47.3 Å². The van der Waals surface area contributed by atoms with Gasteiger partial charge in [0.05, 0.1) is 24.4 Å². The summed E-state index contributed by atoms with van der Waals surface area (Å²) in [5, 5.41) is 16.6. The summed E-state index contributed by atoms with van der Waals surface area (Å²) in [5.41, 5.74) is -0.284. The van der Waals surface area contributed by atoms with Crippen LogP contribution in [-0.4, -0.2) is 181 Å². The van der Waals surface area contributed by atoms with Crippen LogP contribution < -0.4 is 31.9 Å². The molecule has 3 aliphatic rings. The molecule has 6 N–H and O–H groups in total. The minimum absolute atomic E-state index is 0.0532. The smallest absolute Gasteiger partial charge is 0.356 e. The van der Waals surface area contributed by atoms with Crippen molar-refractivity contribution < 1.29 is 64.7 Å². The number of hydrogen-bond acceptors (Lipinski definition) is 10. The van der Waals surface area contributed by atoms with E-state index in [9.17, 15) is 64.7 Å². The standard InChI is InChI=1S/C53H74F6N10O8/c1-33(27-34(2)63-43(70)28-42(64-44(71)35(3)60-5)47(74)68-23-13-19-39(68)31-66(49(76)52(54,55)56)25-21-37-15-9-7-10-16-37)30-62-46(73)41-29-51(41,65-45(72)36(4)61-6)48(75)69-24-14-20-40(69)32-67(50(77)53(57,58)59)26-22-38-17-11-8-12-18-38/h7-12,15-18,33-36,39-42,60-61H,13-14,19-32H2,1-6H3,(H,62,73)(H,63,70)(H,64,71)(H,65,72)/t33?,34?,35-,36-,39-,40-,41-,42-,51?/m0/s1. The molecular weight excluding hydrogens is 1020 g/mol. The summed E-state index contributed by atoms with van der Waals surface area (Å²) in [7, 11) is 3.05. The predicted molar refractivity (Wildman–Crippen MR) is 272 cm³/mol. The number of amides is 8. The van der Waals surface area contributed by atoms with E-state index in [4.69, 9.17) is 0 Å². The number of rotatable bonds is 26. The Labute approximate surface area is 445 Å². The first-order valence-electron chi connectivity index (χ1n) is 26.2. The summed E-state index contributed by atoms with van der Waals surface area (Å²) < 4.78 is 83.1. The zero-order valence-electron chi connectivity index (χ0n) is 44.5. The van der Waals surface area contributed by atoms with Gasteiger partial charge in [0.1, 0.15) is 11.6 Å². The number of alkyl halides is 6. The summed E-state index contributed by atoms with van der Waals surface area (Å²) in [6.45, 7) is 5.50. The lowest BCUT2D eigenvalue weighted by Crippen LogP contribution is -2.58. The van der Waals surface area contributed by atoms with Crippen molar-refractivity contribution in [1.29, 1.82) is 0 Å². The Hall–Kier alpha value is -6.30. The predicted octanol–water partition coefficient (Wildman–Crippen LogP) is 2.85. The molecule has 2 aliphatic heterocycles. The maximum atomic E-state index is 14.5. The average Bonchev–Trinajstić information content (AvgIpc) is 3.66. The number of likely N-dealkylation sites (N-methyl/N-ethyl adjacent to an activating group) is 2. The van der Waals surface area contributed by atoms with Gasteiger partial charge in [-0.25, -0.2) is 0 Å². The molecule has 2 aromatic rings. The van der Waals surface area contributed by atoms with E-state index in [1.54, 1.807) is 81.4 Å². The van der Waals surface area contributed by atoms with Crippen molar-refractivity contribution in [2.24, 2.45) is 11.8 Å². The van der Waals surface area contributed by atoms with Gasteiger partial charge in [-0.15, -0.1) is 0 Å². The van der Waals surface area contributed by atoms with Crippen LogP contribution in [0.2, 0.25) is 0 Å². The van der Waals surface area contributed by atoms with Gasteiger partial charge < -0.3 is 51.5 Å². The largest absolute Gasteiger partial charge is 0.471 e. The number of nitrogens with zero attached hydrogens (tertiary/aromatic N) is 4. The zero-order chi connectivity index (χ0) is 56.8. The highest BCUT2D eigenvalue weighted by Crippen LogP contribution is 2.46. The average molecular weight is 1090 g/mol. The third-order valence-electron chi connectivity index (χ3n) is 14.7. The van der Waals surface area contributed by atoms with Crippen molar-refractivity contribution in [3.05, 3.63) is 71.8 Å². The quantitative estimate of drug-likeness (QED) is 0.0757. The van der Waals surface area contributed by atoms with Crippen LogP contribution in [-0.2, 0) is 51.2 Å². The molecule has 77 heavy (non-hydrogen) atoms. The lowest BCUT2D eigenvalue weighted by atomic mass is 10.0. The molecule has 3 unspecified atom stereocenters. The monoisotopic (exact) mass is 1090 g/mol. The number of carbonyl (C=O) groups excluding carboxylic acids is 8. The van der Waals surface area contributed by atoms with Crippen LogP contribution in [0.5, 0.6) is 0 Å². The van der Waals surface area contributed by atoms with Gasteiger partial charge in [-0.05, 0) is 103 Å². The third-order valence-corrected chi connectivity index (χ3v) is 14.7. The van der Waals surface area contributed by atoms with E-state index >= 15 is 0 Å². The van der Waals surface area contributed by atoms with Gasteiger partial charge in [-0.2, -0.15) is 26.3 Å². The van der Waals surface area contributed by atoms with Crippen LogP contribution in [0.15, 0.2) is 60.7 Å². The molecule has 3 fully saturated rings. The third kappa shape index (κ3) is 17.1. The Bertz CT molecular complexity index is 2370. The molecule has 426 valence electrons. The normalized spacial score (nSPS) is 21.2. The van der Waals surface area contributed by atoms with Crippen molar-refractivity contribution in [2.45, 2.75) is 140 Å². The van der Waals surface area contributed by atoms with Gasteiger partial charge in [0.25, 0.3) is 0 Å². The highest BCUT2D eigenvalue weighted by Gasteiger charge is 2.66. The van der Waals surface area contributed by atoms with Crippen LogP contribution >= 0.6 is 0 Å². The molecule has 1 saturated carbocycles. The molecule has 0 radical (unpaired) electrons. The molecule has 5 rings (SSSR count). The number of nitrogens with one attached hydrogen (secondary N) is 6. The second-order valence-corrected chi connectivity index (χ2v) is 20.6. The van der Waals surface area contributed by atoms with Crippen LogP contribution in [0.3, 0.4) is 0 Å². The number of carbonyl (C=O) groups is 8. The molecule has 2 aromatic carbocycles. The van der Waals surface area contributed by atoms with Crippen molar-refractivity contribution in [3.63, 3.8) is 0 Å². The summed E-state index contributed by atoms with van der Waals surface area (Å²) >= 11 is 0. The second kappa shape index (κ2) is 27.3. The van der Waals surface area contributed by atoms with E-state index < -0.39 is 127 Å². The van der Waals surface area contributed by atoms with Gasteiger partial charge in [0.15, 0.2) is 0 Å².